The van der Waals surface area contributed by atoms with Crippen molar-refractivity contribution in [3.8, 4) is 17.1 Å². The highest BCUT2D eigenvalue weighted by Gasteiger charge is 2.14. The minimum atomic E-state index is -0.984. The van der Waals surface area contributed by atoms with Crippen LogP contribution in [0.5, 0.6) is 5.75 Å². The SMILES string of the molecule is Cc1cc(OC[C@@H](O)CO)cc(C)c1-c1nc2ccc(C(=O)O)cc2[nH]1. The fourth-order valence-electron chi connectivity index (χ4n) is 2.89. The van der Waals surface area contributed by atoms with E-state index < -0.39 is 12.1 Å². The van der Waals surface area contributed by atoms with Crippen molar-refractivity contribution in [1.82, 2.24) is 9.97 Å². The van der Waals surface area contributed by atoms with E-state index in [1.807, 2.05) is 26.0 Å². The number of aromatic carboxylic acids is 1. The minimum Gasteiger partial charge on any atom is -0.491 e. The van der Waals surface area contributed by atoms with Gasteiger partial charge in [-0.2, -0.15) is 0 Å². The first-order chi connectivity index (χ1) is 12.4. The number of fused-ring (bicyclic) bond motifs is 1. The van der Waals surface area contributed by atoms with Crippen LogP contribution in [-0.4, -0.2) is 50.6 Å². The molecule has 0 saturated carbocycles. The lowest BCUT2D eigenvalue weighted by atomic mass is 10.0. The van der Waals surface area contributed by atoms with Crippen LogP contribution in [-0.2, 0) is 0 Å². The van der Waals surface area contributed by atoms with Crippen LogP contribution in [0.2, 0.25) is 0 Å². The predicted octanol–water partition coefficient (Wildman–Crippen LogP) is 2.28. The summed E-state index contributed by atoms with van der Waals surface area (Å²) in [5.74, 6) is 0.266. The molecule has 0 amide bonds. The van der Waals surface area contributed by atoms with Crippen LogP contribution in [0.15, 0.2) is 30.3 Å². The lowest BCUT2D eigenvalue weighted by Crippen LogP contribution is -2.21. The number of nitrogens with one attached hydrogen (secondary N) is 1. The first-order valence-electron chi connectivity index (χ1n) is 8.15. The van der Waals surface area contributed by atoms with Crippen LogP contribution in [0, 0.1) is 13.8 Å². The second kappa shape index (κ2) is 7.15. The number of ether oxygens (including phenoxy) is 1. The average Bonchev–Trinajstić information content (AvgIpc) is 3.01. The molecule has 1 atom stereocenters. The van der Waals surface area contributed by atoms with E-state index in [0.717, 1.165) is 16.7 Å². The van der Waals surface area contributed by atoms with Gasteiger partial charge in [-0.05, 0) is 55.3 Å². The number of carboxylic acids is 1. The molecule has 0 fully saturated rings. The summed E-state index contributed by atoms with van der Waals surface area (Å²) in [5.41, 5.74) is 4.31. The van der Waals surface area contributed by atoms with E-state index in [1.165, 1.54) is 6.07 Å². The molecule has 7 heteroatoms. The van der Waals surface area contributed by atoms with E-state index in [-0.39, 0.29) is 18.8 Å². The lowest BCUT2D eigenvalue weighted by molar-refractivity contribution is 0.0536. The van der Waals surface area contributed by atoms with Gasteiger partial charge in [0, 0.05) is 5.56 Å². The number of aryl methyl sites for hydroxylation is 2. The number of carbonyl (C=O) groups is 1. The number of aromatic amines is 1. The van der Waals surface area contributed by atoms with E-state index in [1.54, 1.807) is 12.1 Å². The highest BCUT2D eigenvalue weighted by atomic mass is 16.5. The smallest absolute Gasteiger partial charge is 0.335 e. The molecule has 3 rings (SSSR count). The zero-order valence-corrected chi connectivity index (χ0v) is 14.5. The Bertz CT molecular complexity index is 941. The number of aliphatic hydroxyl groups is 2. The maximum atomic E-state index is 11.1. The highest BCUT2D eigenvalue weighted by Crippen LogP contribution is 2.31. The molecule has 1 aromatic heterocycles. The van der Waals surface area contributed by atoms with Gasteiger partial charge in [0.05, 0.1) is 23.2 Å². The van der Waals surface area contributed by atoms with E-state index in [2.05, 4.69) is 9.97 Å². The predicted molar refractivity (Wildman–Crippen MR) is 96.6 cm³/mol. The van der Waals surface area contributed by atoms with Crippen LogP contribution in [0.4, 0.5) is 0 Å². The molecule has 0 saturated heterocycles. The van der Waals surface area contributed by atoms with Gasteiger partial charge >= 0.3 is 5.97 Å². The van der Waals surface area contributed by atoms with Gasteiger partial charge in [0.15, 0.2) is 0 Å². The van der Waals surface area contributed by atoms with E-state index >= 15 is 0 Å². The summed E-state index contributed by atoms with van der Waals surface area (Å²) in [6.45, 7) is 3.51. The molecule has 1 heterocycles. The lowest BCUT2D eigenvalue weighted by Gasteiger charge is -2.13. The molecule has 4 N–H and O–H groups in total. The second-order valence-electron chi connectivity index (χ2n) is 6.20. The average molecular weight is 356 g/mol. The number of nitrogens with zero attached hydrogens (tertiary/aromatic N) is 1. The van der Waals surface area contributed by atoms with Gasteiger partial charge < -0.3 is 25.0 Å². The molecule has 0 unspecified atom stereocenters. The summed E-state index contributed by atoms with van der Waals surface area (Å²) in [5, 5.41) is 27.4. The van der Waals surface area contributed by atoms with Crippen LogP contribution in [0.25, 0.3) is 22.4 Å². The van der Waals surface area contributed by atoms with Gasteiger partial charge in [-0.1, -0.05) is 0 Å². The number of imidazole rings is 1. The van der Waals surface area contributed by atoms with Gasteiger partial charge in [0.2, 0.25) is 0 Å². The van der Waals surface area contributed by atoms with Gasteiger partial charge in [0.25, 0.3) is 0 Å². The van der Waals surface area contributed by atoms with Gasteiger partial charge in [-0.15, -0.1) is 0 Å². The fourth-order valence-corrected chi connectivity index (χ4v) is 2.89. The zero-order valence-electron chi connectivity index (χ0n) is 14.5. The third kappa shape index (κ3) is 3.54. The Morgan fingerprint density at radius 1 is 1.23 bits per heavy atom. The molecule has 0 spiro atoms. The number of aliphatic hydroxyl groups excluding tert-OH is 2. The third-order valence-electron chi connectivity index (χ3n) is 4.12. The number of rotatable bonds is 6. The normalized spacial score (nSPS) is 12.3. The largest absolute Gasteiger partial charge is 0.491 e. The standard InChI is InChI=1S/C19H20N2O5/c1-10-5-14(26-9-13(23)8-22)6-11(2)17(10)18-20-15-4-3-12(19(24)25)7-16(15)21-18/h3-7,13,22-23H,8-9H2,1-2H3,(H,20,21)(H,24,25)/t13-/m0/s1. The quantitative estimate of drug-likeness (QED) is 0.538. The first kappa shape index (κ1) is 17.9. The van der Waals surface area contributed by atoms with Crippen molar-refractivity contribution < 1.29 is 24.9 Å². The first-order valence-corrected chi connectivity index (χ1v) is 8.15. The Hall–Kier alpha value is -2.90. The van der Waals surface area contributed by atoms with Crippen molar-refractivity contribution in [1.29, 1.82) is 0 Å². The Morgan fingerprint density at radius 3 is 2.54 bits per heavy atom. The van der Waals surface area contributed by atoms with Crippen molar-refractivity contribution in [2.45, 2.75) is 20.0 Å². The molecule has 3 aromatic rings. The van der Waals surface area contributed by atoms with Crippen LogP contribution in [0.3, 0.4) is 0 Å². The van der Waals surface area contributed by atoms with Crippen molar-refractivity contribution in [3.63, 3.8) is 0 Å². The fraction of sp³-hybridized carbons (Fsp3) is 0.263. The number of benzene rings is 2. The van der Waals surface area contributed by atoms with Crippen molar-refractivity contribution in [2.75, 3.05) is 13.2 Å². The highest BCUT2D eigenvalue weighted by molar-refractivity contribution is 5.93. The van der Waals surface area contributed by atoms with E-state index in [0.29, 0.717) is 22.6 Å². The topological polar surface area (TPSA) is 116 Å². The van der Waals surface area contributed by atoms with Crippen molar-refractivity contribution >= 4 is 17.0 Å². The number of H-pyrrole nitrogens is 1. The van der Waals surface area contributed by atoms with E-state index in [9.17, 15) is 9.90 Å². The van der Waals surface area contributed by atoms with Gasteiger partial charge in [0.1, 0.15) is 24.3 Å². The van der Waals surface area contributed by atoms with Crippen molar-refractivity contribution in [3.05, 3.63) is 47.0 Å². The Labute approximate surface area is 149 Å². The summed E-state index contributed by atoms with van der Waals surface area (Å²) < 4.78 is 5.51. The molecule has 136 valence electrons. The maximum Gasteiger partial charge on any atom is 0.335 e. The Balaban J connectivity index is 1.96. The maximum absolute atomic E-state index is 11.1. The van der Waals surface area contributed by atoms with E-state index in [4.69, 9.17) is 14.9 Å². The molecule has 0 aliphatic heterocycles. The number of hydrogen-bond acceptors (Lipinski definition) is 5. The molecule has 0 aliphatic rings. The van der Waals surface area contributed by atoms with Crippen molar-refractivity contribution in [2.24, 2.45) is 0 Å². The summed E-state index contributed by atoms with van der Waals surface area (Å²) in [6.07, 6.45) is -0.922. The summed E-state index contributed by atoms with van der Waals surface area (Å²) in [7, 11) is 0. The number of aromatic nitrogens is 2. The molecule has 2 aromatic carbocycles. The van der Waals surface area contributed by atoms with Crippen LogP contribution in [0.1, 0.15) is 21.5 Å². The Morgan fingerprint density at radius 2 is 1.92 bits per heavy atom. The monoisotopic (exact) mass is 356 g/mol. The molecule has 7 nitrogen and oxygen atoms in total. The molecule has 0 aliphatic carbocycles. The van der Waals surface area contributed by atoms with Crippen LogP contribution >= 0.6 is 0 Å². The molecular formula is C19H20N2O5. The third-order valence-corrected chi connectivity index (χ3v) is 4.12. The molecule has 26 heavy (non-hydrogen) atoms. The van der Waals surface area contributed by atoms with Gasteiger partial charge in [-0.25, -0.2) is 9.78 Å². The van der Waals surface area contributed by atoms with Gasteiger partial charge in [-0.3, -0.25) is 0 Å². The summed E-state index contributed by atoms with van der Waals surface area (Å²) in [6, 6.07) is 8.44. The molecule has 0 radical (unpaired) electrons. The molecule has 0 bridgehead atoms. The number of carboxylic acid groups (broad SMARTS) is 1. The summed E-state index contributed by atoms with van der Waals surface area (Å²) in [4.78, 5) is 18.9. The Kier molecular flexibility index (Phi) is 4.92. The number of hydrogen-bond donors (Lipinski definition) is 4. The van der Waals surface area contributed by atoms with Crippen LogP contribution < -0.4 is 4.74 Å². The molecular weight excluding hydrogens is 336 g/mol. The minimum absolute atomic E-state index is 0.0112. The summed E-state index contributed by atoms with van der Waals surface area (Å²) >= 11 is 0. The second-order valence-corrected chi connectivity index (χ2v) is 6.20. The zero-order chi connectivity index (χ0) is 18.8.